The molecule has 3 atom stereocenters. The second-order valence-corrected chi connectivity index (χ2v) is 4.82. The van der Waals surface area contributed by atoms with Gasteiger partial charge in [0.25, 0.3) is 5.56 Å². The number of hydrogen-bond donors (Lipinski definition) is 4. The molecule has 0 aliphatic carbocycles. The summed E-state index contributed by atoms with van der Waals surface area (Å²) in [5.74, 6) is 0.00543. The summed E-state index contributed by atoms with van der Waals surface area (Å²) in [5, 5.41) is 18.9. The van der Waals surface area contributed by atoms with E-state index in [1.165, 1.54) is 18.6 Å². The molecule has 5 N–H and O–H groups in total. The molecule has 9 nitrogen and oxygen atoms in total. The number of nitrogens with one attached hydrogen (secondary N) is 1. The van der Waals surface area contributed by atoms with Crippen molar-refractivity contribution in [3.05, 3.63) is 28.9 Å². The van der Waals surface area contributed by atoms with E-state index in [-0.39, 0.29) is 18.1 Å². The fourth-order valence-electron chi connectivity index (χ4n) is 2.39. The Hall–Kier alpha value is -2.23. The van der Waals surface area contributed by atoms with Crippen molar-refractivity contribution < 1.29 is 14.9 Å². The molecule has 112 valence electrons. The first kappa shape index (κ1) is 13.7. The number of nitrogen functional groups attached to an aromatic ring is 1. The summed E-state index contributed by atoms with van der Waals surface area (Å²) in [4.78, 5) is 21.9. The van der Waals surface area contributed by atoms with Gasteiger partial charge in [-0.1, -0.05) is 0 Å². The Bertz CT molecular complexity index is 697. The summed E-state index contributed by atoms with van der Waals surface area (Å²) in [7, 11) is 0. The van der Waals surface area contributed by atoms with Crippen molar-refractivity contribution in [2.75, 3.05) is 12.3 Å². The van der Waals surface area contributed by atoms with Gasteiger partial charge in [-0.2, -0.15) is 0 Å². The van der Waals surface area contributed by atoms with E-state index in [4.69, 9.17) is 15.6 Å². The molecule has 0 unspecified atom stereocenters. The number of anilines is 1. The van der Waals surface area contributed by atoms with Gasteiger partial charge in [0, 0.05) is 12.5 Å². The largest absolute Gasteiger partial charge is 0.394 e. The minimum absolute atomic E-state index is 0.00543. The van der Waals surface area contributed by atoms with Crippen LogP contribution in [-0.2, 0) is 4.74 Å². The third-order valence-corrected chi connectivity index (χ3v) is 3.38. The lowest BCUT2D eigenvalue weighted by atomic mass is 10.2. The number of rotatable bonds is 3. The van der Waals surface area contributed by atoms with Crippen LogP contribution in [0.1, 0.15) is 12.6 Å². The Kier molecular flexibility index (Phi) is 3.45. The van der Waals surface area contributed by atoms with Crippen LogP contribution in [0.5, 0.6) is 0 Å². The molecule has 0 spiro atoms. The number of imidazole rings is 1. The van der Waals surface area contributed by atoms with E-state index in [9.17, 15) is 9.90 Å². The van der Waals surface area contributed by atoms with Crippen LogP contribution in [0.25, 0.3) is 11.4 Å². The Labute approximate surface area is 119 Å². The highest BCUT2D eigenvalue weighted by atomic mass is 16.5. The summed E-state index contributed by atoms with van der Waals surface area (Å²) < 4.78 is 7.22. The van der Waals surface area contributed by atoms with Crippen LogP contribution in [-0.4, -0.2) is 48.5 Å². The first-order chi connectivity index (χ1) is 10.1. The second kappa shape index (κ2) is 5.28. The molecule has 0 radical (unpaired) electrons. The number of nitrogens with zero attached hydrogens (tertiary/aromatic N) is 3. The highest BCUT2D eigenvalue weighted by Gasteiger charge is 2.35. The van der Waals surface area contributed by atoms with Gasteiger partial charge in [-0.05, 0) is 0 Å². The van der Waals surface area contributed by atoms with Crippen molar-refractivity contribution in [2.24, 2.45) is 0 Å². The monoisotopic (exact) mass is 293 g/mol. The van der Waals surface area contributed by atoms with Crippen LogP contribution in [0.4, 0.5) is 5.95 Å². The SMILES string of the molecule is Nc1nc(-c2cncn2[C@H]2C[C@@H](O)[C@@H](CO)O2)cc(=O)[nH]1. The molecule has 1 fully saturated rings. The van der Waals surface area contributed by atoms with Crippen molar-refractivity contribution in [3.63, 3.8) is 0 Å². The fourth-order valence-corrected chi connectivity index (χ4v) is 2.39. The van der Waals surface area contributed by atoms with E-state index < -0.39 is 18.4 Å². The van der Waals surface area contributed by atoms with E-state index >= 15 is 0 Å². The summed E-state index contributed by atoms with van der Waals surface area (Å²) in [6.07, 6.45) is 1.48. The molecule has 1 aliphatic heterocycles. The maximum absolute atomic E-state index is 11.5. The zero-order valence-electron chi connectivity index (χ0n) is 11.0. The zero-order valence-corrected chi connectivity index (χ0v) is 11.0. The number of aromatic nitrogens is 4. The average Bonchev–Trinajstić information content (AvgIpc) is 3.03. The summed E-state index contributed by atoms with van der Waals surface area (Å²) >= 11 is 0. The highest BCUT2D eigenvalue weighted by Crippen LogP contribution is 2.31. The summed E-state index contributed by atoms with van der Waals surface area (Å²) in [5.41, 5.74) is 6.07. The smallest absolute Gasteiger partial charge is 0.252 e. The number of aliphatic hydroxyl groups excluding tert-OH is 2. The molecule has 21 heavy (non-hydrogen) atoms. The van der Waals surface area contributed by atoms with Gasteiger partial charge in [0.2, 0.25) is 5.95 Å². The Balaban J connectivity index is 1.96. The lowest BCUT2D eigenvalue weighted by molar-refractivity contribution is -0.0438. The Morgan fingerprint density at radius 2 is 2.38 bits per heavy atom. The van der Waals surface area contributed by atoms with Crippen LogP contribution in [0.15, 0.2) is 23.4 Å². The fraction of sp³-hybridized carbons (Fsp3) is 0.417. The van der Waals surface area contributed by atoms with Gasteiger partial charge in [-0.3, -0.25) is 9.78 Å². The molecular formula is C12H15N5O4. The van der Waals surface area contributed by atoms with Gasteiger partial charge in [-0.15, -0.1) is 0 Å². The average molecular weight is 293 g/mol. The molecule has 0 amide bonds. The Morgan fingerprint density at radius 1 is 1.57 bits per heavy atom. The lowest BCUT2D eigenvalue weighted by Gasteiger charge is -2.15. The maximum Gasteiger partial charge on any atom is 0.252 e. The Morgan fingerprint density at radius 3 is 3.05 bits per heavy atom. The highest BCUT2D eigenvalue weighted by molar-refractivity contribution is 5.54. The number of aliphatic hydroxyl groups is 2. The third kappa shape index (κ3) is 2.53. The standard InChI is InChI=1S/C12H15N5O4/c13-12-15-6(1-10(20)16-12)7-3-14-5-17(7)11-2-8(19)9(4-18)21-11/h1,3,5,8-9,11,18-19H,2,4H2,(H3,13,15,16,20)/t8-,9-,11-/m1/s1. The molecule has 0 saturated carbocycles. The van der Waals surface area contributed by atoms with Crippen molar-refractivity contribution >= 4 is 5.95 Å². The lowest BCUT2D eigenvalue weighted by Crippen LogP contribution is -2.24. The maximum atomic E-state index is 11.5. The zero-order chi connectivity index (χ0) is 15.0. The molecule has 3 heterocycles. The summed E-state index contributed by atoms with van der Waals surface area (Å²) in [6.45, 7) is -0.266. The van der Waals surface area contributed by atoms with Gasteiger partial charge < -0.3 is 25.3 Å². The van der Waals surface area contributed by atoms with Crippen LogP contribution >= 0.6 is 0 Å². The molecule has 3 rings (SSSR count). The van der Waals surface area contributed by atoms with Crippen molar-refractivity contribution in [1.82, 2.24) is 19.5 Å². The predicted octanol–water partition coefficient (Wildman–Crippen LogP) is -1.14. The van der Waals surface area contributed by atoms with Crippen molar-refractivity contribution in [1.29, 1.82) is 0 Å². The molecule has 1 aliphatic rings. The van der Waals surface area contributed by atoms with E-state index in [1.807, 2.05) is 0 Å². The summed E-state index contributed by atoms with van der Waals surface area (Å²) in [6, 6.07) is 1.30. The number of ether oxygens (including phenoxy) is 1. The third-order valence-electron chi connectivity index (χ3n) is 3.38. The predicted molar refractivity (Wildman–Crippen MR) is 72.1 cm³/mol. The molecule has 1 saturated heterocycles. The minimum Gasteiger partial charge on any atom is -0.394 e. The number of hydrogen-bond acceptors (Lipinski definition) is 7. The van der Waals surface area contributed by atoms with Gasteiger partial charge in [0.05, 0.1) is 36.6 Å². The molecule has 0 bridgehead atoms. The van der Waals surface area contributed by atoms with Crippen LogP contribution in [0, 0.1) is 0 Å². The van der Waals surface area contributed by atoms with Crippen LogP contribution in [0.2, 0.25) is 0 Å². The minimum atomic E-state index is -0.757. The van der Waals surface area contributed by atoms with E-state index in [0.29, 0.717) is 17.8 Å². The van der Waals surface area contributed by atoms with Crippen molar-refractivity contribution in [2.45, 2.75) is 24.9 Å². The van der Waals surface area contributed by atoms with Crippen LogP contribution < -0.4 is 11.3 Å². The first-order valence-electron chi connectivity index (χ1n) is 6.42. The van der Waals surface area contributed by atoms with Crippen molar-refractivity contribution in [3.8, 4) is 11.4 Å². The van der Waals surface area contributed by atoms with E-state index in [0.717, 1.165) is 0 Å². The van der Waals surface area contributed by atoms with E-state index in [1.54, 1.807) is 4.57 Å². The molecular weight excluding hydrogens is 278 g/mol. The topological polar surface area (TPSA) is 139 Å². The quantitative estimate of drug-likeness (QED) is 0.560. The first-order valence-corrected chi connectivity index (χ1v) is 6.42. The van der Waals surface area contributed by atoms with Gasteiger partial charge in [-0.25, -0.2) is 9.97 Å². The number of aromatic amines is 1. The molecule has 2 aromatic rings. The van der Waals surface area contributed by atoms with E-state index in [2.05, 4.69) is 15.0 Å². The second-order valence-electron chi connectivity index (χ2n) is 4.82. The number of H-pyrrole nitrogens is 1. The molecule has 2 aromatic heterocycles. The van der Waals surface area contributed by atoms with Gasteiger partial charge in [0.1, 0.15) is 12.3 Å². The molecule has 9 heteroatoms. The number of nitrogens with two attached hydrogens (primary N) is 1. The van der Waals surface area contributed by atoms with Gasteiger partial charge in [0.15, 0.2) is 0 Å². The molecule has 0 aromatic carbocycles. The normalized spacial score (nSPS) is 25.3. The van der Waals surface area contributed by atoms with Gasteiger partial charge >= 0.3 is 0 Å². The van der Waals surface area contributed by atoms with Crippen LogP contribution in [0.3, 0.4) is 0 Å².